The maximum Gasteiger partial charge on any atom is 0.416 e. The van der Waals surface area contributed by atoms with Gasteiger partial charge in [0.05, 0.1) is 6.26 Å². The number of hydrogen-bond donors (Lipinski definition) is 0. The Labute approximate surface area is 81.4 Å². The Kier molecular flexibility index (Phi) is 4.87. The second-order valence-electron chi connectivity index (χ2n) is 2.97. The Morgan fingerprint density at radius 1 is 1.36 bits per heavy atom. The van der Waals surface area contributed by atoms with Gasteiger partial charge in [0.1, 0.15) is 0 Å². The van der Waals surface area contributed by atoms with E-state index in [0.717, 1.165) is 0 Å². The average molecular weight is 234 g/mol. The second-order valence-corrected chi connectivity index (χ2v) is 4.57. The predicted molar refractivity (Wildman–Crippen MR) is 45.3 cm³/mol. The first-order valence-electron chi connectivity index (χ1n) is 4.11. The molecule has 0 rings (SSSR count). The van der Waals surface area contributed by atoms with Crippen molar-refractivity contribution in [1.82, 2.24) is 0 Å². The molecule has 3 nitrogen and oxygen atoms in total. The molecule has 0 radical (unpaired) electrons. The Balaban J connectivity index is 4.42. The fourth-order valence-corrected chi connectivity index (χ4v) is 1.49. The molecule has 0 aromatic rings. The van der Waals surface area contributed by atoms with Gasteiger partial charge in [-0.15, -0.1) is 0 Å². The normalized spacial score (nSPS) is 15.5. The molecule has 14 heavy (non-hydrogen) atoms. The molecular weight excluding hydrogens is 221 g/mol. The van der Waals surface area contributed by atoms with Crippen LogP contribution < -0.4 is 0 Å². The van der Waals surface area contributed by atoms with Gasteiger partial charge in [-0.05, 0) is 6.42 Å². The van der Waals surface area contributed by atoms with Crippen LogP contribution in [0.2, 0.25) is 0 Å². The lowest BCUT2D eigenvalue weighted by atomic mass is 10.1. The number of unbranched alkanes of at least 4 members (excludes halogenated alkanes) is 1. The molecule has 7 heteroatoms. The first-order chi connectivity index (χ1) is 6.17. The fraction of sp³-hybridized carbons (Fsp3) is 1.00. The molecule has 86 valence electrons. The molecule has 1 atom stereocenters. The van der Waals surface area contributed by atoms with E-state index >= 15 is 0 Å². The standard InChI is InChI=1S/C7H13F3O3S/c1-3-4-5-6(7(8,9)10)13-14(2,11)12/h6H,3-5H2,1-2H3. The average Bonchev–Trinajstić information content (AvgIpc) is 1.93. The quantitative estimate of drug-likeness (QED) is 0.684. The minimum Gasteiger partial charge on any atom is -0.257 e. The summed E-state index contributed by atoms with van der Waals surface area (Å²) in [6.45, 7) is 1.72. The molecule has 0 aliphatic rings. The van der Waals surface area contributed by atoms with Crippen molar-refractivity contribution in [3.05, 3.63) is 0 Å². The summed E-state index contributed by atoms with van der Waals surface area (Å²) in [5, 5.41) is 0. The smallest absolute Gasteiger partial charge is 0.257 e. The van der Waals surface area contributed by atoms with Crippen molar-refractivity contribution >= 4 is 10.1 Å². The van der Waals surface area contributed by atoms with Crippen LogP contribution in [0.15, 0.2) is 0 Å². The van der Waals surface area contributed by atoms with Crippen LogP contribution in [0.25, 0.3) is 0 Å². The molecule has 0 saturated heterocycles. The Morgan fingerprint density at radius 3 is 2.14 bits per heavy atom. The van der Waals surface area contributed by atoms with Crippen LogP contribution in [0.5, 0.6) is 0 Å². The van der Waals surface area contributed by atoms with Gasteiger partial charge in [-0.2, -0.15) is 21.6 Å². The molecule has 0 bridgehead atoms. The van der Waals surface area contributed by atoms with E-state index in [1.807, 2.05) is 0 Å². The van der Waals surface area contributed by atoms with Crippen molar-refractivity contribution in [2.45, 2.75) is 38.5 Å². The molecule has 0 heterocycles. The molecule has 0 amide bonds. The van der Waals surface area contributed by atoms with E-state index in [4.69, 9.17) is 0 Å². The van der Waals surface area contributed by atoms with E-state index in [1.54, 1.807) is 6.92 Å². The minimum absolute atomic E-state index is 0.277. The summed E-state index contributed by atoms with van der Waals surface area (Å²) < 4.78 is 61.6. The summed E-state index contributed by atoms with van der Waals surface area (Å²) in [5.74, 6) is 0. The minimum atomic E-state index is -4.63. The monoisotopic (exact) mass is 234 g/mol. The third kappa shape index (κ3) is 6.20. The zero-order valence-corrected chi connectivity index (χ0v) is 8.78. The van der Waals surface area contributed by atoms with Crippen LogP contribution in [-0.4, -0.2) is 27.0 Å². The van der Waals surface area contributed by atoms with Gasteiger partial charge in [0, 0.05) is 0 Å². The Morgan fingerprint density at radius 2 is 1.86 bits per heavy atom. The molecule has 0 spiro atoms. The van der Waals surface area contributed by atoms with Gasteiger partial charge >= 0.3 is 6.18 Å². The van der Waals surface area contributed by atoms with Gasteiger partial charge in [-0.1, -0.05) is 19.8 Å². The summed E-state index contributed by atoms with van der Waals surface area (Å²) in [6, 6.07) is 0. The number of hydrogen-bond acceptors (Lipinski definition) is 3. The van der Waals surface area contributed by atoms with Crippen LogP contribution in [-0.2, 0) is 14.3 Å². The molecule has 0 fully saturated rings. The highest BCUT2D eigenvalue weighted by Crippen LogP contribution is 2.27. The lowest BCUT2D eigenvalue weighted by molar-refractivity contribution is -0.195. The van der Waals surface area contributed by atoms with Crippen molar-refractivity contribution in [3.63, 3.8) is 0 Å². The van der Waals surface area contributed by atoms with Crippen molar-refractivity contribution in [1.29, 1.82) is 0 Å². The van der Waals surface area contributed by atoms with Crippen LogP contribution in [0.3, 0.4) is 0 Å². The molecule has 1 unspecified atom stereocenters. The van der Waals surface area contributed by atoms with Gasteiger partial charge in [0.25, 0.3) is 10.1 Å². The SMILES string of the molecule is CCCCC(OS(C)(=O)=O)C(F)(F)F. The Bertz CT molecular complexity index is 258. The van der Waals surface area contributed by atoms with Crippen LogP contribution in [0, 0.1) is 0 Å². The zero-order chi connectivity index (χ0) is 11.4. The van der Waals surface area contributed by atoms with Gasteiger partial charge in [-0.3, -0.25) is 4.18 Å². The molecule has 0 aliphatic heterocycles. The van der Waals surface area contributed by atoms with Crippen molar-refractivity contribution < 1.29 is 25.8 Å². The maximum atomic E-state index is 12.2. The van der Waals surface area contributed by atoms with Gasteiger partial charge in [0.2, 0.25) is 0 Å². The first-order valence-corrected chi connectivity index (χ1v) is 5.93. The third-order valence-corrected chi connectivity index (χ3v) is 2.06. The predicted octanol–water partition coefficient (Wildman–Crippen LogP) is 2.08. The highest BCUT2D eigenvalue weighted by molar-refractivity contribution is 7.86. The number of rotatable bonds is 5. The van der Waals surface area contributed by atoms with Gasteiger partial charge in [-0.25, -0.2) is 0 Å². The van der Waals surface area contributed by atoms with E-state index in [2.05, 4.69) is 4.18 Å². The lowest BCUT2D eigenvalue weighted by Crippen LogP contribution is -2.33. The number of alkyl halides is 3. The van der Waals surface area contributed by atoms with E-state index in [0.29, 0.717) is 12.7 Å². The molecule has 0 saturated carbocycles. The largest absolute Gasteiger partial charge is 0.416 e. The van der Waals surface area contributed by atoms with Crippen LogP contribution in [0.4, 0.5) is 13.2 Å². The molecule has 0 aromatic heterocycles. The van der Waals surface area contributed by atoms with Crippen molar-refractivity contribution in [2.75, 3.05) is 6.26 Å². The van der Waals surface area contributed by atoms with E-state index < -0.39 is 22.4 Å². The molecule has 0 N–H and O–H groups in total. The van der Waals surface area contributed by atoms with Crippen LogP contribution in [0.1, 0.15) is 26.2 Å². The summed E-state index contributed by atoms with van der Waals surface area (Å²) in [7, 11) is -4.06. The van der Waals surface area contributed by atoms with E-state index in [-0.39, 0.29) is 12.8 Å². The van der Waals surface area contributed by atoms with Gasteiger partial charge < -0.3 is 0 Å². The highest BCUT2D eigenvalue weighted by atomic mass is 32.2. The molecule has 0 aromatic carbocycles. The lowest BCUT2D eigenvalue weighted by Gasteiger charge is -2.18. The van der Waals surface area contributed by atoms with Crippen LogP contribution >= 0.6 is 0 Å². The third-order valence-electron chi connectivity index (χ3n) is 1.48. The molecule has 0 aliphatic carbocycles. The van der Waals surface area contributed by atoms with E-state index in [1.165, 1.54) is 0 Å². The van der Waals surface area contributed by atoms with Gasteiger partial charge in [0.15, 0.2) is 6.10 Å². The maximum absolute atomic E-state index is 12.2. The fourth-order valence-electron chi connectivity index (χ4n) is 0.867. The van der Waals surface area contributed by atoms with Crippen molar-refractivity contribution in [3.8, 4) is 0 Å². The topological polar surface area (TPSA) is 43.4 Å². The summed E-state index contributed by atoms with van der Waals surface area (Å²) in [4.78, 5) is 0. The van der Waals surface area contributed by atoms with Crippen molar-refractivity contribution in [2.24, 2.45) is 0 Å². The second kappa shape index (κ2) is 4.97. The Hall–Kier alpha value is -0.300. The summed E-state index contributed by atoms with van der Waals surface area (Å²) in [5.41, 5.74) is 0. The summed E-state index contributed by atoms with van der Waals surface area (Å²) >= 11 is 0. The first kappa shape index (κ1) is 13.7. The zero-order valence-electron chi connectivity index (χ0n) is 7.97. The summed E-state index contributed by atoms with van der Waals surface area (Å²) in [6.07, 6.45) is -5.72. The van der Waals surface area contributed by atoms with E-state index in [9.17, 15) is 21.6 Å². The molecular formula is C7H13F3O3S. The number of halogens is 3. The highest BCUT2D eigenvalue weighted by Gasteiger charge is 2.42.